The van der Waals surface area contributed by atoms with Crippen molar-refractivity contribution < 1.29 is 4.79 Å². The Hall–Kier alpha value is -1.55. The van der Waals surface area contributed by atoms with Gasteiger partial charge in [-0.15, -0.1) is 0 Å². The van der Waals surface area contributed by atoms with E-state index in [9.17, 15) is 4.79 Å². The molecule has 3 N–H and O–H groups in total. The van der Waals surface area contributed by atoms with Gasteiger partial charge in [0, 0.05) is 18.8 Å². The summed E-state index contributed by atoms with van der Waals surface area (Å²) >= 11 is 0. The van der Waals surface area contributed by atoms with Gasteiger partial charge in [0.05, 0.1) is 5.56 Å². The first-order chi connectivity index (χ1) is 8.04. The van der Waals surface area contributed by atoms with Gasteiger partial charge in [-0.3, -0.25) is 4.79 Å². The Morgan fingerprint density at radius 2 is 2.18 bits per heavy atom. The third kappa shape index (κ3) is 4.07. The second-order valence-corrected chi connectivity index (χ2v) is 4.24. The van der Waals surface area contributed by atoms with Crippen LogP contribution in [0.3, 0.4) is 0 Å². The Bertz CT molecular complexity index is 390. The predicted molar refractivity (Wildman–Crippen MR) is 71.1 cm³/mol. The van der Waals surface area contributed by atoms with Crippen molar-refractivity contribution in [1.82, 2.24) is 10.2 Å². The summed E-state index contributed by atoms with van der Waals surface area (Å²) in [6, 6.07) is 5.47. The molecule has 1 aromatic rings. The Morgan fingerprint density at radius 3 is 2.76 bits per heavy atom. The Balaban J connectivity index is 2.52. The molecule has 0 spiro atoms. The first kappa shape index (κ1) is 13.5. The molecule has 1 rings (SSSR count). The standard InChI is InChI=1S/C13H21N3O/c1-4-16(3)8-7-15-13(17)11-6-5-10(2)9-12(11)14/h5-6,9H,4,7-8,14H2,1-3H3,(H,15,17). The molecule has 17 heavy (non-hydrogen) atoms. The first-order valence-electron chi connectivity index (χ1n) is 5.87. The number of nitrogen functional groups attached to an aromatic ring is 1. The monoisotopic (exact) mass is 235 g/mol. The maximum Gasteiger partial charge on any atom is 0.253 e. The van der Waals surface area contributed by atoms with Crippen molar-refractivity contribution in [2.24, 2.45) is 0 Å². The minimum atomic E-state index is -0.105. The van der Waals surface area contributed by atoms with Gasteiger partial charge in [-0.2, -0.15) is 0 Å². The molecule has 0 saturated heterocycles. The average molecular weight is 235 g/mol. The average Bonchev–Trinajstić information content (AvgIpc) is 2.28. The normalized spacial score (nSPS) is 10.6. The number of nitrogens with one attached hydrogen (secondary N) is 1. The predicted octanol–water partition coefficient (Wildman–Crippen LogP) is 1.26. The van der Waals surface area contributed by atoms with Crippen molar-refractivity contribution >= 4 is 11.6 Å². The summed E-state index contributed by atoms with van der Waals surface area (Å²) < 4.78 is 0. The van der Waals surface area contributed by atoms with Crippen molar-refractivity contribution in [3.8, 4) is 0 Å². The van der Waals surface area contributed by atoms with Crippen LogP contribution in [0.1, 0.15) is 22.8 Å². The van der Waals surface area contributed by atoms with Crippen LogP contribution in [0.5, 0.6) is 0 Å². The Morgan fingerprint density at radius 1 is 1.47 bits per heavy atom. The SMILES string of the molecule is CCN(C)CCNC(=O)c1ccc(C)cc1N. The summed E-state index contributed by atoms with van der Waals surface area (Å²) in [6.45, 7) is 6.49. The van der Waals surface area contributed by atoms with Crippen molar-refractivity contribution in [2.45, 2.75) is 13.8 Å². The number of benzene rings is 1. The van der Waals surface area contributed by atoms with Crippen molar-refractivity contribution in [1.29, 1.82) is 0 Å². The molecule has 0 heterocycles. The number of anilines is 1. The van der Waals surface area contributed by atoms with Crippen molar-refractivity contribution in [2.75, 3.05) is 32.4 Å². The number of hydrogen-bond acceptors (Lipinski definition) is 3. The quantitative estimate of drug-likeness (QED) is 0.755. The van der Waals surface area contributed by atoms with Crippen LogP contribution in [0.15, 0.2) is 18.2 Å². The van der Waals surface area contributed by atoms with Crippen LogP contribution in [0.2, 0.25) is 0 Å². The fourth-order valence-corrected chi connectivity index (χ4v) is 1.50. The van der Waals surface area contributed by atoms with Gasteiger partial charge in [0.1, 0.15) is 0 Å². The van der Waals surface area contributed by atoms with Crippen LogP contribution in [0.4, 0.5) is 5.69 Å². The smallest absolute Gasteiger partial charge is 0.253 e. The minimum Gasteiger partial charge on any atom is -0.398 e. The van der Waals surface area contributed by atoms with E-state index in [2.05, 4.69) is 17.1 Å². The minimum absolute atomic E-state index is 0.105. The second-order valence-electron chi connectivity index (χ2n) is 4.24. The molecule has 0 bridgehead atoms. The van der Waals surface area contributed by atoms with Gasteiger partial charge >= 0.3 is 0 Å². The molecule has 0 saturated carbocycles. The van der Waals surface area contributed by atoms with Crippen LogP contribution in [-0.4, -0.2) is 37.5 Å². The molecular weight excluding hydrogens is 214 g/mol. The molecule has 0 radical (unpaired) electrons. The molecule has 94 valence electrons. The van der Waals surface area contributed by atoms with Gasteiger partial charge in [-0.05, 0) is 38.2 Å². The lowest BCUT2D eigenvalue weighted by atomic mass is 10.1. The van der Waals surface area contributed by atoms with Gasteiger partial charge < -0.3 is 16.0 Å². The molecular formula is C13H21N3O. The number of carbonyl (C=O) groups is 1. The molecule has 4 heteroatoms. The number of nitrogens with two attached hydrogens (primary N) is 1. The van der Waals surface area contributed by atoms with Crippen LogP contribution >= 0.6 is 0 Å². The Labute approximate surface area is 103 Å². The highest BCUT2D eigenvalue weighted by molar-refractivity contribution is 5.99. The van der Waals surface area contributed by atoms with E-state index in [0.717, 1.165) is 18.7 Å². The van der Waals surface area contributed by atoms with E-state index in [4.69, 9.17) is 5.73 Å². The van der Waals surface area contributed by atoms with E-state index in [0.29, 0.717) is 17.8 Å². The van der Waals surface area contributed by atoms with Gasteiger partial charge in [0.2, 0.25) is 0 Å². The zero-order valence-electron chi connectivity index (χ0n) is 10.8. The topological polar surface area (TPSA) is 58.4 Å². The lowest BCUT2D eigenvalue weighted by Gasteiger charge is -2.14. The number of rotatable bonds is 5. The number of aryl methyl sites for hydroxylation is 1. The van der Waals surface area contributed by atoms with Gasteiger partial charge in [-0.25, -0.2) is 0 Å². The molecule has 0 aliphatic heterocycles. The van der Waals surface area contributed by atoms with Gasteiger partial charge in [0.25, 0.3) is 5.91 Å². The van der Waals surface area contributed by atoms with Crippen LogP contribution in [0, 0.1) is 6.92 Å². The van der Waals surface area contributed by atoms with Crippen LogP contribution in [-0.2, 0) is 0 Å². The highest BCUT2D eigenvalue weighted by Crippen LogP contribution is 2.13. The summed E-state index contributed by atoms with van der Waals surface area (Å²) in [7, 11) is 2.02. The first-order valence-corrected chi connectivity index (χ1v) is 5.87. The van der Waals surface area contributed by atoms with Crippen LogP contribution < -0.4 is 11.1 Å². The summed E-state index contributed by atoms with van der Waals surface area (Å²) in [5.74, 6) is -0.105. The van der Waals surface area contributed by atoms with Crippen molar-refractivity contribution in [3.05, 3.63) is 29.3 Å². The number of carbonyl (C=O) groups excluding carboxylic acids is 1. The second kappa shape index (κ2) is 6.25. The van der Waals surface area contributed by atoms with Gasteiger partial charge in [0.15, 0.2) is 0 Å². The molecule has 1 aromatic carbocycles. The summed E-state index contributed by atoms with van der Waals surface area (Å²) in [4.78, 5) is 14.0. The third-order valence-corrected chi connectivity index (χ3v) is 2.77. The molecule has 0 fully saturated rings. The van der Waals surface area contributed by atoms with Crippen LogP contribution in [0.25, 0.3) is 0 Å². The number of amides is 1. The molecule has 4 nitrogen and oxygen atoms in total. The summed E-state index contributed by atoms with van der Waals surface area (Å²) in [6.07, 6.45) is 0. The van der Waals surface area contributed by atoms with E-state index < -0.39 is 0 Å². The molecule has 0 aromatic heterocycles. The fraction of sp³-hybridized carbons (Fsp3) is 0.462. The zero-order chi connectivity index (χ0) is 12.8. The zero-order valence-corrected chi connectivity index (χ0v) is 10.8. The van der Waals surface area contributed by atoms with E-state index in [1.807, 2.05) is 26.1 Å². The van der Waals surface area contributed by atoms with Crippen molar-refractivity contribution in [3.63, 3.8) is 0 Å². The molecule has 0 aliphatic rings. The maximum absolute atomic E-state index is 11.8. The third-order valence-electron chi connectivity index (χ3n) is 2.77. The number of hydrogen-bond donors (Lipinski definition) is 2. The number of likely N-dealkylation sites (N-methyl/N-ethyl adjacent to an activating group) is 1. The summed E-state index contributed by atoms with van der Waals surface area (Å²) in [5.41, 5.74) is 7.95. The molecule has 0 aliphatic carbocycles. The molecule has 1 amide bonds. The fourth-order valence-electron chi connectivity index (χ4n) is 1.50. The van der Waals surface area contributed by atoms with E-state index >= 15 is 0 Å². The van der Waals surface area contributed by atoms with E-state index in [1.54, 1.807) is 6.07 Å². The molecule has 0 atom stereocenters. The largest absolute Gasteiger partial charge is 0.398 e. The van der Waals surface area contributed by atoms with E-state index in [1.165, 1.54) is 0 Å². The lowest BCUT2D eigenvalue weighted by Crippen LogP contribution is -2.33. The number of nitrogens with zero attached hydrogens (tertiary/aromatic N) is 1. The Kier molecular flexibility index (Phi) is 4.97. The highest BCUT2D eigenvalue weighted by atomic mass is 16.1. The lowest BCUT2D eigenvalue weighted by molar-refractivity contribution is 0.0951. The van der Waals surface area contributed by atoms with Gasteiger partial charge in [-0.1, -0.05) is 13.0 Å². The molecule has 0 unspecified atom stereocenters. The summed E-state index contributed by atoms with van der Waals surface area (Å²) in [5, 5.41) is 2.86. The highest BCUT2D eigenvalue weighted by Gasteiger charge is 2.08. The van der Waals surface area contributed by atoms with E-state index in [-0.39, 0.29) is 5.91 Å². The maximum atomic E-state index is 11.8.